The van der Waals surface area contributed by atoms with Crippen molar-refractivity contribution in [3.63, 3.8) is 0 Å². The minimum atomic E-state index is -0.111. The second-order valence-electron chi connectivity index (χ2n) is 8.27. The lowest BCUT2D eigenvalue weighted by Crippen LogP contribution is -2.38. The fourth-order valence-corrected chi connectivity index (χ4v) is 4.50. The van der Waals surface area contributed by atoms with E-state index in [9.17, 15) is 4.79 Å². The second kappa shape index (κ2) is 8.73. The number of aromatic nitrogens is 2. The lowest BCUT2D eigenvalue weighted by atomic mass is 9.96. The Morgan fingerprint density at radius 1 is 1.16 bits per heavy atom. The number of amides is 1. The monoisotopic (exact) mass is 436 g/mol. The first-order valence-electron chi connectivity index (χ1n) is 10.7. The van der Waals surface area contributed by atoms with Crippen LogP contribution >= 0.6 is 11.6 Å². The molecule has 1 saturated heterocycles. The van der Waals surface area contributed by atoms with Crippen molar-refractivity contribution in [2.24, 2.45) is 5.92 Å². The second-order valence-corrected chi connectivity index (χ2v) is 8.70. The number of rotatable bonds is 5. The number of para-hydroxylation sites is 1. The van der Waals surface area contributed by atoms with E-state index in [1.165, 1.54) is 5.56 Å². The van der Waals surface area contributed by atoms with Crippen LogP contribution in [0, 0.1) is 5.92 Å². The molecule has 2 aromatic carbocycles. The summed E-state index contributed by atoms with van der Waals surface area (Å²) in [6.07, 6.45) is 2.15. The third-order valence-corrected chi connectivity index (χ3v) is 6.44. The highest BCUT2D eigenvalue weighted by Gasteiger charge is 2.27. The molecule has 7 heteroatoms. The maximum atomic E-state index is 12.8. The zero-order valence-electron chi connectivity index (χ0n) is 17.2. The molecular formula is C24H25ClN4O2. The number of carbonyl (C=O) groups excluding carboxylic acids is 1. The van der Waals surface area contributed by atoms with E-state index < -0.39 is 0 Å². The van der Waals surface area contributed by atoms with Crippen LogP contribution in [0.4, 0.5) is 0 Å². The largest absolute Gasteiger partial charge is 0.488 e. The maximum absolute atomic E-state index is 12.8. The van der Waals surface area contributed by atoms with Crippen LogP contribution in [0.3, 0.4) is 0 Å². The number of piperidine rings is 1. The van der Waals surface area contributed by atoms with E-state index in [2.05, 4.69) is 32.5 Å². The molecule has 6 nitrogen and oxygen atoms in total. The zero-order valence-corrected chi connectivity index (χ0v) is 18.0. The highest BCUT2D eigenvalue weighted by Crippen LogP contribution is 2.36. The highest BCUT2D eigenvalue weighted by molar-refractivity contribution is 6.30. The third-order valence-electron chi connectivity index (χ3n) is 6.19. The Bertz CT molecular complexity index is 1070. The normalized spacial score (nSPS) is 16.3. The molecule has 0 aliphatic carbocycles. The van der Waals surface area contributed by atoms with Gasteiger partial charge in [-0.15, -0.1) is 0 Å². The van der Waals surface area contributed by atoms with Gasteiger partial charge in [-0.2, -0.15) is 5.10 Å². The molecule has 2 N–H and O–H groups in total. The van der Waals surface area contributed by atoms with E-state index in [1.807, 2.05) is 36.4 Å². The fourth-order valence-electron chi connectivity index (χ4n) is 4.38. The average molecular weight is 437 g/mol. The van der Waals surface area contributed by atoms with E-state index >= 15 is 0 Å². The van der Waals surface area contributed by atoms with Crippen LogP contribution in [0.2, 0.25) is 5.02 Å². The number of benzene rings is 2. The summed E-state index contributed by atoms with van der Waals surface area (Å²) in [4.78, 5) is 15.3. The quantitative estimate of drug-likeness (QED) is 0.626. The molecule has 1 amide bonds. The molecule has 3 aromatic rings. The molecule has 0 unspecified atom stereocenters. The van der Waals surface area contributed by atoms with E-state index in [0.717, 1.165) is 60.1 Å². The van der Waals surface area contributed by atoms with Gasteiger partial charge in [0, 0.05) is 29.2 Å². The van der Waals surface area contributed by atoms with Crippen molar-refractivity contribution >= 4 is 17.5 Å². The van der Waals surface area contributed by atoms with Gasteiger partial charge in [0.15, 0.2) is 0 Å². The van der Waals surface area contributed by atoms with Crippen molar-refractivity contribution < 1.29 is 9.53 Å². The summed E-state index contributed by atoms with van der Waals surface area (Å²) in [7, 11) is 0. The van der Waals surface area contributed by atoms with Gasteiger partial charge in [0.25, 0.3) is 5.91 Å². The molecule has 0 spiro atoms. The number of aromatic amines is 1. The molecule has 1 fully saturated rings. The summed E-state index contributed by atoms with van der Waals surface area (Å²) < 4.78 is 5.81. The third kappa shape index (κ3) is 4.31. The Hall–Kier alpha value is -2.83. The lowest BCUT2D eigenvalue weighted by Gasteiger charge is -2.32. The van der Waals surface area contributed by atoms with Crippen LogP contribution in [-0.2, 0) is 13.2 Å². The average Bonchev–Trinajstić information content (AvgIpc) is 3.25. The number of halogens is 1. The SMILES string of the molecule is O=C(NCC1CCN(Cc2ccc(Cl)cc2)CC1)c1[nH]nc2c1COc1ccccc1-2. The summed E-state index contributed by atoms with van der Waals surface area (Å²) in [5.41, 5.74) is 4.34. The van der Waals surface area contributed by atoms with Gasteiger partial charge in [0.1, 0.15) is 23.7 Å². The molecule has 2 aliphatic rings. The number of carbonyl (C=O) groups is 1. The Labute approximate surface area is 186 Å². The molecular weight excluding hydrogens is 412 g/mol. The summed E-state index contributed by atoms with van der Waals surface area (Å²) in [5.74, 6) is 1.18. The number of H-pyrrole nitrogens is 1. The van der Waals surface area contributed by atoms with Gasteiger partial charge in [0.2, 0.25) is 0 Å². The Morgan fingerprint density at radius 3 is 2.74 bits per heavy atom. The van der Waals surface area contributed by atoms with Crippen LogP contribution in [0.1, 0.15) is 34.5 Å². The molecule has 0 bridgehead atoms. The fraction of sp³-hybridized carbons (Fsp3) is 0.333. The molecule has 2 aliphatic heterocycles. The van der Waals surface area contributed by atoms with Crippen LogP contribution in [0.25, 0.3) is 11.3 Å². The number of ether oxygens (including phenoxy) is 1. The molecule has 5 rings (SSSR count). The van der Waals surface area contributed by atoms with Gasteiger partial charge in [-0.3, -0.25) is 14.8 Å². The van der Waals surface area contributed by atoms with Crippen molar-refractivity contribution in [2.45, 2.75) is 26.0 Å². The molecule has 1 aromatic heterocycles. The maximum Gasteiger partial charge on any atom is 0.269 e. The first-order valence-corrected chi connectivity index (χ1v) is 11.1. The summed E-state index contributed by atoms with van der Waals surface area (Å²) in [5, 5.41) is 11.2. The molecule has 0 saturated carbocycles. The number of nitrogens with zero attached hydrogens (tertiary/aromatic N) is 2. The van der Waals surface area contributed by atoms with Crippen molar-refractivity contribution in [2.75, 3.05) is 19.6 Å². The Kier molecular flexibility index (Phi) is 5.66. The van der Waals surface area contributed by atoms with Crippen LogP contribution in [0.15, 0.2) is 48.5 Å². The predicted octanol–water partition coefficient (Wildman–Crippen LogP) is 4.26. The predicted molar refractivity (Wildman–Crippen MR) is 120 cm³/mol. The van der Waals surface area contributed by atoms with Crippen molar-refractivity contribution in [3.05, 3.63) is 70.4 Å². The standard InChI is InChI=1S/C24H25ClN4O2/c25-18-7-5-17(6-8-18)14-29-11-9-16(10-12-29)13-26-24(30)23-20-15-31-21-4-2-1-3-19(21)22(20)27-28-23/h1-8,16H,9-15H2,(H,26,30)(H,27,28). The van der Waals surface area contributed by atoms with Gasteiger partial charge in [0.05, 0.1) is 0 Å². The topological polar surface area (TPSA) is 70.2 Å². The minimum absolute atomic E-state index is 0.111. The number of nitrogens with one attached hydrogen (secondary N) is 2. The zero-order chi connectivity index (χ0) is 21.2. The minimum Gasteiger partial charge on any atom is -0.488 e. The summed E-state index contributed by atoms with van der Waals surface area (Å²) >= 11 is 5.97. The molecule has 0 radical (unpaired) electrons. The Balaban J connectivity index is 1.14. The molecule has 3 heterocycles. The van der Waals surface area contributed by atoms with E-state index in [4.69, 9.17) is 16.3 Å². The van der Waals surface area contributed by atoms with Gasteiger partial charge in [-0.1, -0.05) is 35.9 Å². The van der Waals surface area contributed by atoms with Crippen LogP contribution in [0.5, 0.6) is 5.75 Å². The van der Waals surface area contributed by atoms with E-state index in [-0.39, 0.29) is 5.91 Å². The van der Waals surface area contributed by atoms with Gasteiger partial charge in [-0.05, 0) is 61.7 Å². The number of likely N-dealkylation sites (tertiary alicyclic amines) is 1. The van der Waals surface area contributed by atoms with Crippen molar-refractivity contribution in [3.8, 4) is 17.0 Å². The van der Waals surface area contributed by atoms with Crippen LogP contribution < -0.4 is 10.1 Å². The lowest BCUT2D eigenvalue weighted by molar-refractivity contribution is 0.0927. The highest BCUT2D eigenvalue weighted by atomic mass is 35.5. The van der Waals surface area contributed by atoms with E-state index in [0.29, 0.717) is 24.8 Å². The molecule has 31 heavy (non-hydrogen) atoms. The van der Waals surface area contributed by atoms with Gasteiger partial charge in [-0.25, -0.2) is 0 Å². The van der Waals surface area contributed by atoms with Crippen molar-refractivity contribution in [1.82, 2.24) is 20.4 Å². The smallest absolute Gasteiger partial charge is 0.269 e. The summed E-state index contributed by atoms with van der Waals surface area (Å²) in [6, 6.07) is 15.8. The number of hydrogen-bond donors (Lipinski definition) is 2. The number of hydrogen-bond acceptors (Lipinski definition) is 4. The Morgan fingerprint density at radius 2 is 1.94 bits per heavy atom. The van der Waals surface area contributed by atoms with Gasteiger partial charge < -0.3 is 10.1 Å². The molecule has 160 valence electrons. The van der Waals surface area contributed by atoms with Crippen molar-refractivity contribution in [1.29, 1.82) is 0 Å². The number of fused-ring (bicyclic) bond motifs is 3. The van der Waals surface area contributed by atoms with Crippen LogP contribution in [-0.4, -0.2) is 40.6 Å². The first kappa shape index (κ1) is 20.1. The summed E-state index contributed by atoms with van der Waals surface area (Å²) in [6.45, 7) is 4.05. The molecule has 0 atom stereocenters. The van der Waals surface area contributed by atoms with E-state index in [1.54, 1.807) is 0 Å². The van der Waals surface area contributed by atoms with Gasteiger partial charge >= 0.3 is 0 Å². The first-order chi connectivity index (χ1) is 15.2.